The van der Waals surface area contributed by atoms with E-state index in [4.69, 9.17) is 5.26 Å². The summed E-state index contributed by atoms with van der Waals surface area (Å²) in [5.41, 5.74) is 1.13. The highest BCUT2D eigenvalue weighted by Gasteiger charge is 2.04. The fourth-order valence-corrected chi connectivity index (χ4v) is 1.14. The third-order valence-electron chi connectivity index (χ3n) is 2.06. The lowest BCUT2D eigenvalue weighted by molar-refractivity contribution is -0.123. The quantitative estimate of drug-likeness (QED) is 0.811. The summed E-state index contributed by atoms with van der Waals surface area (Å²) in [6.07, 6.45) is 0.351. The second-order valence-electron chi connectivity index (χ2n) is 3.37. The Kier molecular flexibility index (Phi) is 4.70. The SMILES string of the molecule is CCC(=O)NCC(=O)Nc1ccc(C#N)cc1. The number of anilines is 1. The van der Waals surface area contributed by atoms with Gasteiger partial charge in [-0.15, -0.1) is 0 Å². The average Bonchev–Trinajstić information content (AvgIpc) is 2.36. The van der Waals surface area contributed by atoms with Crippen LogP contribution in [0.25, 0.3) is 0 Å². The fraction of sp³-hybridized carbons (Fsp3) is 0.250. The molecule has 0 unspecified atom stereocenters. The predicted molar refractivity (Wildman–Crippen MR) is 63.1 cm³/mol. The number of nitrogens with one attached hydrogen (secondary N) is 2. The second kappa shape index (κ2) is 6.28. The van der Waals surface area contributed by atoms with Gasteiger partial charge in [-0.3, -0.25) is 9.59 Å². The first-order chi connectivity index (χ1) is 8.15. The van der Waals surface area contributed by atoms with E-state index in [2.05, 4.69) is 10.6 Å². The van der Waals surface area contributed by atoms with Gasteiger partial charge in [0, 0.05) is 12.1 Å². The number of hydrogen-bond donors (Lipinski definition) is 2. The molecule has 0 heterocycles. The topological polar surface area (TPSA) is 82.0 Å². The van der Waals surface area contributed by atoms with Gasteiger partial charge in [0.25, 0.3) is 0 Å². The highest BCUT2D eigenvalue weighted by Crippen LogP contribution is 2.08. The summed E-state index contributed by atoms with van der Waals surface area (Å²) in [4.78, 5) is 22.3. The predicted octanol–water partition coefficient (Wildman–Crippen LogP) is 1.02. The molecule has 0 aliphatic carbocycles. The number of rotatable bonds is 4. The van der Waals surface area contributed by atoms with Gasteiger partial charge in [-0.1, -0.05) is 6.92 Å². The monoisotopic (exact) mass is 231 g/mol. The summed E-state index contributed by atoms with van der Waals surface area (Å²) < 4.78 is 0. The average molecular weight is 231 g/mol. The van der Waals surface area contributed by atoms with E-state index in [1.54, 1.807) is 31.2 Å². The molecule has 0 atom stereocenters. The second-order valence-corrected chi connectivity index (χ2v) is 3.37. The van der Waals surface area contributed by atoms with Crippen molar-refractivity contribution < 1.29 is 9.59 Å². The Labute approximate surface area is 99.4 Å². The summed E-state index contributed by atoms with van der Waals surface area (Å²) in [5, 5.41) is 13.7. The van der Waals surface area contributed by atoms with Crippen molar-refractivity contribution in [1.82, 2.24) is 5.32 Å². The Bertz CT molecular complexity index is 446. The molecule has 0 spiro atoms. The minimum atomic E-state index is -0.295. The van der Waals surface area contributed by atoms with Crippen molar-refractivity contribution in [1.29, 1.82) is 5.26 Å². The van der Waals surface area contributed by atoms with Crippen molar-refractivity contribution in [2.75, 3.05) is 11.9 Å². The fourth-order valence-electron chi connectivity index (χ4n) is 1.14. The van der Waals surface area contributed by atoms with E-state index < -0.39 is 0 Å². The molecule has 0 fully saturated rings. The molecule has 0 bridgehead atoms. The molecule has 5 heteroatoms. The smallest absolute Gasteiger partial charge is 0.243 e. The molecular weight excluding hydrogens is 218 g/mol. The first kappa shape index (κ1) is 12.7. The normalized spacial score (nSPS) is 9.18. The molecule has 0 saturated carbocycles. The molecule has 5 nitrogen and oxygen atoms in total. The number of nitriles is 1. The van der Waals surface area contributed by atoms with Crippen LogP contribution >= 0.6 is 0 Å². The Balaban J connectivity index is 2.45. The van der Waals surface area contributed by atoms with Crippen LogP contribution in [0.2, 0.25) is 0 Å². The first-order valence-corrected chi connectivity index (χ1v) is 5.22. The summed E-state index contributed by atoms with van der Waals surface area (Å²) in [5.74, 6) is -0.462. The van der Waals surface area contributed by atoms with Crippen LogP contribution in [-0.2, 0) is 9.59 Å². The lowest BCUT2D eigenvalue weighted by Gasteiger charge is -2.05. The van der Waals surface area contributed by atoms with Gasteiger partial charge in [0.2, 0.25) is 11.8 Å². The van der Waals surface area contributed by atoms with Crippen LogP contribution in [0, 0.1) is 11.3 Å². The molecular formula is C12H13N3O2. The highest BCUT2D eigenvalue weighted by molar-refractivity contribution is 5.94. The summed E-state index contributed by atoms with van der Waals surface area (Å²) in [6, 6.07) is 8.48. The maximum Gasteiger partial charge on any atom is 0.243 e. The van der Waals surface area contributed by atoms with Gasteiger partial charge in [0.1, 0.15) is 0 Å². The number of carbonyl (C=O) groups is 2. The number of carbonyl (C=O) groups excluding carboxylic acids is 2. The van der Waals surface area contributed by atoms with Crippen molar-refractivity contribution in [3.8, 4) is 6.07 Å². The maximum atomic E-state index is 11.4. The minimum Gasteiger partial charge on any atom is -0.347 e. The van der Waals surface area contributed by atoms with Crippen molar-refractivity contribution in [3.05, 3.63) is 29.8 Å². The number of nitrogens with zero attached hydrogens (tertiary/aromatic N) is 1. The third-order valence-corrected chi connectivity index (χ3v) is 2.06. The van der Waals surface area contributed by atoms with Crippen LogP contribution in [0.4, 0.5) is 5.69 Å². The van der Waals surface area contributed by atoms with Crippen LogP contribution in [0.5, 0.6) is 0 Å². The molecule has 88 valence electrons. The van der Waals surface area contributed by atoms with E-state index in [1.807, 2.05) is 6.07 Å². The Morgan fingerprint density at radius 1 is 1.24 bits per heavy atom. The zero-order chi connectivity index (χ0) is 12.7. The molecule has 0 aromatic heterocycles. The lowest BCUT2D eigenvalue weighted by Crippen LogP contribution is -2.32. The van der Waals surface area contributed by atoms with Gasteiger partial charge in [-0.2, -0.15) is 5.26 Å². The van der Waals surface area contributed by atoms with Gasteiger partial charge in [-0.25, -0.2) is 0 Å². The van der Waals surface area contributed by atoms with Gasteiger partial charge < -0.3 is 10.6 Å². The van der Waals surface area contributed by atoms with Crippen molar-refractivity contribution >= 4 is 17.5 Å². The van der Waals surface area contributed by atoms with Gasteiger partial charge in [0.05, 0.1) is 18.2 Å². The maximum absolute atomic E-state index is 11.4. The minimum absolute atomic E-state index is 0.0489. The van der Waals surface area contributed by atoms with E-state index in [0.717, 1.165) is 0 Å². The van der Waals surface area contributed by atoms with Gasteiger partial charge >= 0.3 is 0 Å². The molecule has 1 aromatic carbocycles. The number of benzene rings is 1. The molecule has 0 radical (unpaired) electrons. The summed E-state index contributed by atoms with van der Waals surface area (Å²) in [6.45, 7) is 1.67. The van der Waals surface area contributed by atoms with Crippen LogP contribution in [0.3, 0.4) is 0 Å². The molecule has 1 rings (SSSR count). The number of hydrogen-bond acceptors (Lipinski definition) is 3. The van der Waals surface area contributed by atoms with Crippen molar-refractivity contribution in [2.24, 2.45) is 0 Å². The third kappa shape index (κ3) is 4.34. The van der Waals surface area contributed by atoms with E-state index in [9.17, 15) is 9.59 Å². The van der Waals surface area contributed by atoms with E-state index in [-0.39, 0.29) is 18.4 Å². The van der Waals surface area contributed by atoms with Gasteiger partial charge in [0.15, 0.2) is 0 Å². The van der Waals surface area contributed by atoms with Crippen molar-refractivity contribution in [3.63, 3.8) is 0 Å². The zero-order valence-electron chi connectivity index (χ0n) is 9.49. The lowest BCUT2D eigenvalue weighted by atomic mass is 10.2. The summed E-state index contributed by atoms with van der Waals surface area (Å²) >= 11 is 0. The Morgan fingerprint density at radius 3 is 2.41 bits per heavy atom. The largest absolute Gasteiger partial charge is 0.347 e. The first-order valence-electron chi connectivity index (χ1n) is 5.22. The van der Waals surface area contributed by atoms with Crippen LogP contribution in [-0.4, -0.2) is 18.4 Å². The number of amides is 2. The molecule has 2 amide bonds. The molecule has 17 heavy (non-hydrogen) atoms. The van der Waals surface area contributed by atoms with Gasteiger partial charge in [-0.05, 0) is 24.3 Å². The molecule has 0 aliphatic heterocycles. The summed E-state index contributed by atoms with van der Waals surface area (Å²) in [7, 11) is 0. The van der Waals surface area contributed by atoms with Crippen LogP contribution < -0.4 is 10.6 Å². The van der Waals surface area contributed by atoms with E-state index >= 15 is 0 Å². The highest BCUT2D eigenvalue weighted by atomic mass is 16.2. The van der Waals surface area contributed by atoms with Crippen LogP contribution in [0.15, 0.2) is 24.3 Å². The van der Waals surface area contributed by atoms with Crippen molar-refractivity contribution in [2.45, 2.75) is 13.3 Å². The molecule has 0 saturated heterocycles. The van der Waals surface area contributed by atoms with Crippen LogP contribution in [0.1, 0.15) is 18.9 Å². The van der Waals surface area contributed by atoms with E-state index in [0.29, 0.717) is 17.7 Å². The molecule has 0 aliphatic rings. The molecule has 2 N–H and O–H groups in total. The Hall–Kier alpha value is -2.35. The zero-order valence-corrected chi connectivity index (χ0v) is 9.49. The Morgan fingerprint density at radius 2 is 1.88 bits per heavy atom. The standard InChI is InChI=1S/C12H13N3O2/c1-2-11(16)14-8-12(17)15-10-5-3-9(7-13)4-6-10/h3-6H,2,8H2,1H3,(H,14,16)(H,15,17). The van der Waals surface area contributed by atoms with E-state index in [1.165, 1.54) is 0 Å². The molecule has 1 aromatic rings.